The van der Waals surface area contributed by atoms with Gasteiger partial charge in [0.15, 0.2) is 0 Å². The van der Waals surface area contributed by atoms with Crippen molar-refractivity contribution in [2.45, 2.75) is 19.0 Å². The molecule has 0 saturated carbocycles. The molecule has 1 fully saturated rings. The van der Waals surface area contributed by atoms with Crippen LogP contribution in [0.1, 0.15) is 18.4 Å². The van der Waals surface area contributed by atoms with E-state index < -0.39 is 37.5 Å². The topological polar surface area (TPSA) is 63.7 Å². The monoisotopic (exact) mass is 307 g/mol. The van der Waals surface area contributed by atoms with Crippen LogP contribution in [0.2, 0.25) is 0 Å². The molecule has 2 rings (SSSR count). The van der Waals surface area contributed by atoms with Crippen LogP contribution in [0, 0.1) is 0 Å². The van der Waals surface area contributed by atoms with Crippen LogP contribution in [0.3, 0.4) is 0 Å². The van der Waals surface area contributed by atoms with Gasteiger partial charge in [-0.1, -0.05) is 12.1 Å². The minimum atomic E-state index is -4.68. The third-order valence-electron chi connectivity index (χ3n) is 2.62. The molecule has 108 valence electrons. The van der Waals surface area contributed by atoms with Crippen LogP contribution in [0.15, 0.2) is 24.3 Å². The molecule has 1 aromatic rings. The van der Waals surface area contributed by atoms with Gasteiger partial charge in [-0.05, 0) is 12.1 Å². The highest BCUT2D eigenvalue weighted by molar-refractivity contribution is 7.38. The molecule has 0 bridgehead atoms. The lowest BCUT2D eigenvalue weighted by atomic mass is 10.2. The molecule has 1 aliphatic rings. The summed E-state index contributed by atoms with van der Waals surface area (Å²) in [6.45, 7) is 0. The van der Waals surface area contributed by atoms with Gasteiger partial charge >= 0.3 is 14.4 Å². The maximum absolute atomic E-state index is 12.7. The van der Waals surface area contributed by atoms with E-state index >= 15 is 0 Å². The summed E-state index contributed by atoms with van der Waals surface area (Å²) in [6, 6.07) is 4.17. The summed E-state index contributed by atoms with van der Waals surface area (Å²) in [7, 11) is -3.41. The fourth-order valence-electron chi connectivity index (χ4n) is 1.71. The first-order valence-corrected chi connectivity index (χ1v) is 6.81. The molecular formula is C11H9F3NO4P. The zero-order valence-electron chi connectivity index (χ0n) is 9.94. The third kappa shape index (κ3) is 2.85. The van der Waals surface area contributed by atoms with Crippen molar-refractivity contribution < 1.29 is 31.8 Å². The second-order valence-electron chi connectivity index (χ2n) is 3.98. The average Bonchev–Trinajstić information content (AvgIpc) is 2.68. The maximum atomic E-state index is 12.7. The van der Waals surface area contributed by atoms with Crippen LogP contribution in [0.5, 0.6) is 5.75 Å². The lowest BCUT2D eigenvalue weighted by Crippen LogP contribution is -2.22. The molecule has 0 radical (unpaired) electrons. The molecule has 1 unspecified atom stereocenters. The first-order valence-electron chi connectivity index (χ1n) is 5.54. The van der Waals surface area contributed by atoms with Gasteiger partial charge in [0.05, 0.1) is 5.56 Å². The van der Waals surface area contributed by atoms with Crippen molar-refractivity contribution in [3.05, 3.63) is 29.8 Å². The van der Waals surface area contributed by atoms with Crippen LogP contribution in [-0.4, -0.2) is 16.5 Å². The Morgan fingerprint density at radius 1 is 1.10 bits per heavy atom. The Kier molecular flexibility index (Phi) is 3.85. The minimum absolute atomic E-state index is 0.112. The lowest BCUT2D eigenvalue weighted by molar-refractivity contribution is -0.138. The number of hydrogen-bond acceptors (Lipinski definition) is 4. The van der Waals surface area contributed by atoms with Crippen LogP contribution < -0.4 is 4.52 Å². The molecule has 1 heterocycles. The van der Waals surface area contributed by atoms with Gasteiger partial charge in [-0.25, -0.2) is 4.67 Å². The number of carbonyl (C=O) groups is 2. The first-order chi connectivity index (χ1) is 9.30. The molecular weight excluding hydrogens is 298 g/mol. The summed E-state index contributed by atoms with van der Waals surface area (Å²) in [5, 5.41) is 0. The molecule has 0 aliphatic carbocycles. The fourth-order valence-corrected chi connectivity index (χ4v) is 2.80. The minimum Gasteiger partial charge on any atom is -0.430 e. The predicted molar refractivity (Wildman–Crippen MR) is 62.2 cm³/mol. The molecule has 1 saturated heterocycles. The second-order valence-corrected chi connectivity index (χ2v) is 5.17. The van der Waals surface area contributed by atoms with Crippen LogP contribution >= 0.6 is 8.18 Å². The van der Waals surface area contributed by atoms with Gasteiger partial charge < -0.3 is 4.52 Å². The quantitative estimate of drug-likeness (QED) is 0.636. The Morgan fingerprint density at radius 3 is 2.20 bits per heavy atom. The zero-order chi connectivity index (χ0) is 14.9. The van der Waals surface area contributed by atoms with Crippen molar-refractivity contribution in [2.24, 2.45) is 0 Å². The molecule has 0 aromatic heterocycles. The van der Waals surface area contributed by atoms with Gasteiger partial charge in [0.1, 0.15) is 5.75 Å². The molecule has 0 N–H and O–H groups in total. The van der Waals surface area contributed by atoms with Crippen molar-refractivity contribution in [2.75, 3.05) is 0 Å². The van der Waals surface area contributed by atoms with Gasteiger partial charge in [-0.2, -0.15) is 13.2 Å². The highest BCUT2D eigenvalue weighted by Crippen LogP contribution is 2.41. The van der Waals surface area contributed by atoms with E-state index in [1.807, 2.05) is 0 Å². The Hall–Kier alpha value is -1.82. The van der Waals surface area contributed by atoms with Crippen molar-refractivity contribution in [3.8, 4) is 5.75 Å². The fraction of sp³-hybridized carbons (Fsp3) is 0.273. The number of halogens is 3. The smallest absolute Gasteiger partial charge is 0.419 e. The molecule has 1 aliphatic heterocycles. The highest BCUT2D eigenvalue weighted by atomic mass is 31.1. The highest BCUT2D eigenvalue weighted by Gasteiger charge is 2.37. The molecule has 0 spiro atoms. The Morgan fingerprint density at radius 2 is 1.65 bits per heavy atom. The van der Waals surface area contributed by atoms with Crippen LogP contribution in [-0.2, 0) is 20.3 Å². The zero-order valence-corrected chi connectivity index (χ0v) is 10.9. The summed E-state index contributed by atoms with van der Waals surface area (Å²) in [5.74, 6) is -2.08. The summed E-state index contributed by atoms with van der Waals surface area (Å²) in [4.78, 5) is 22.7. The number of para-hydroxylation sites is 1. The second kappa shape index (κ2) is 5.28. The van der Waals surface area contributed by atoms with E-state index in [1.54, 1.807) is 0 Å². The number of benzene rings is 1. The molecule has 9 heteroatoms. The van der Waals surface area contributed by atoms with E-state index in [9.17, 15) is 27.3 Å². The van der Waals surface area contributed by atoms with Gasteiger partial charge in [0.2, 0.25) is 11.8 Å². The van der Waals surface area contributed by atoms with Crippen molar-refractivity contribution in [1.82, 2.24) is 4.67 Å². The largest absolute Gasteiger partial charge is 0.430 e. The summed E-state index contributed by atoms with van der Waals surface area (Å²) < 4.78 is 55.0. The summed E-state index contributed by atoms with van der Waals surface area (Å²) >= 11 is 0. The number of rotatable bonds is 3. The van der Waals surface area contributed by atoms with E-state index in [0.29, 0.717) is 4.67 Å². The number of carbonyl (C=O) groups excluding carboxylic acids is 2. The lowest BCUT2D eigenvalue weighted by Gasteiger charge is -2.17. The first kappa shape index (κ1) is 14.6. The van der Waals surface area contributed by atoms with Crippen molar-refractivity contribution >= 4 is 20.0 Å². The number of amides is 2. The molecule has 5 nitrogen and oxygen atoms in total. The normalized spacial score (nSPS) is 17.4. The van der Waals surface area contributed by atoms with Crippen molar-refractivity contribution in [3.63, 3.8) is 0 Å². The van der Waals surface area contributed by atoms with E-state index in [2.05, 4.69) is 0 Å². The molecule has 2 amide bonds. The molecule has 20 heavy (non-hydrogen) atoms. The number of hydrogen-bond donors (Lipinski definition) is 0. The van der Waals surface area contributed by atoms with Crippen molar-refractivity contribution in [1.29, 1.82) is 0 Å². The Labute approximate surface area is 112 Å². The maximum Gasteiger partial charge on any atom is 0.419 e. The SMILES string of the molecule is O=C1CCC(=O)N1[PH](=O)Oc1ccccc1C(F)(F)F. The van der Waals surface area contributed by atoms with Gasteiger partial charge in [0, 0.05) is 12.8 Å². The third-order valence-corrected chi connectivity index (χ3v) is 3.88. The van der Waals surface area contributed by atoms with Gasteiger partial charge in [-0.3, -0.25) is 14.2 Å². The van der Waals surface area contributed by atoms with Crippen LogP contribution in [0.25, 0.3) is 0 Å². The summed E-state index contributed by atoms with van der Waals surface area (Å²) in [6.07, 6.45) is -4.91. The van der Waals surface area contributed by atoms with E-state index in [4.69, 9.17) is 4.52 Å². The average molecular weight is 307 g/mol. The number of imide groups is 1. The Bertz CT molecular complexity index is 571. The van der Waals surface area contributed by atoms with E-state index in [-0.39, 0.29) is 12.8 Å². The van der Waals surface area contributed by atoms with E-state index in [0.717, 1.165) is 18.2 Å². The van der Waals surface area contributed by atoms with Gasteiger partial charge in [-0.15, -0.1) is 0 Å². The standard InChI is InChI=1S/C11H9F3NO4P/c12-11(13,14)7-3-1-2-4-8(7)19-20(18)15-9(16)5-6-10(15)17/h1-4,20H,5-6H2. The Balaban J connectivity index is 2.25. The number of alkyl halides is 3. The number of nitrogens with zero attached hydrogens (tertiary/aromatic N) is 1. The van der Waals surface area contributed by atoms with Gasteiger partial charge in [0.25, 0.3) is 0 Å². The molecule has 1 aromatic carbocycles. The molecule has 1 atom stereocenters. The van der Waals surface area contributed by atoms with E-state index in [1.165, 1.54) is 6.07 Å². The summed E-state index contributed by atoms with van der Waals surface area (Å²) in [5.41, 5.74) is -1.11. The van der Waals surface area contributed by atoms with Crippen LogP contribution in [0.4, 0.5) is 13.2 Å². The predicted octanol–water partition coefficient (Wildman–Crippen LogP) is 2.62.